The third kappa shape index (κ3) is 11.0. The van der Waals surface area contributed by atoms with E-state index in [0.717, 1.165) is 0 Å². The van der Waals surface area contributed by atoms with E-state index in [4.69, 9.17) is 38.5 Å². The number of anilines is 1. The van der Waals surface area contributed by atoms with Gasteiger partial charge in [-0.2, -0.15) is 0 Å². The normalized spacial score (nSPS) is 20.7. The number of hydrogen-bond acceptors (Lipinski definition) is 19. The van der Waals surface area contributed by atoms with Gasteiger partial charge in [0.25, 0.3) is 5.56 Å². The number of alkyl carbamates (subject to hydrolysis) is 1. The minimum Gasteiger partial charge on any atom is -0.481 e. The van der Waals surface area contributed by atoms with Crippen LogP contribution in [0, 0.1) is 11.8 Å². The van der Waals surface area contributed by atoms with Gasteiger partial charge >= 0.3 is 24.0 Å². The molecule has 10 N–H and O–H groups in total. The summed E-state index contributed by atoms with van der Waals surface area (Å²) in [5.74, 6) is -5.94. The molecule has 4 aromatic rings. The molecule has 8 rings (SSSR count). The average molecular weight is 1020 g/mol. The van der Waals surface area contributed by atoms with Crippen LogP contribution in [0.4, 0.5) is 10.5 Å². The molecule has 1 fully saturated rings. The zero-order chi connectivity index (χ0) is 52.4. The molecule has 6 heterocycles. The van der Waals surface area contributed by atoms with Crippen LogP contribution in [0.15, 0.2) is 41.2 Å². The number of nitrogens with zero attached hydrogens (tertiary/aromatic N) is 2. The van der Waals surface area contributed by atoms with Crippen LogP contribution in [0.25, 0.3) is 22.3 Å². The number of esters is 1. The van der Waals surface area contributed by atoms with Crippen LogP contribution in [0.3, 0.4) is 0 Å². The lowest BCUT2D eigenvalue weighted by Gasteiger charge is -2.38. The summed E-state index contributed by atoms with van der Waals surface area (Å²) in [7, 11) is 0. The van der Waals surface area contributed by atoms with E-state index in [1.54, 1.807) is 26.0 Å². The smallest absolute Gasteiger partial charge is 0.407 e. The second-order valence-corrected chi connectivity index (χ2v) is 17.8. The van der Waals surface area contributed by atoms with Crippen molar-refractivity contribution < 1.29 is 92.6 Å². The first-order valence-electron chi connectivity index (χ1n) is 22.8. The summed E-state index contributed by atoms with van der Waals surface area (Å²) >= 11 is 0. The number of carboxylic acid groups (broad SMARTS) is 2. The largest absolute Gasteiger partial charge is 0.481 e. The van der Waals surface area contributed by atoms with Crippen molar-refractivity contribution in [2.75, 3.05) is 25.2 Å². The highest BCUT2D eigenvalue weighted by Crippen LogP contribution is 2.42. The number of carboxylic acids is 2. The van der Waals surface area contributed by atoms with Crippen LogP contribution < -0.4 is 41.0 Å². The number of hydrogen-bond donors (Lipinski definition) is 10. The molecular formula is C47H50N6O20. The molecule has 26 nitrogen and oxygen atoms in total. The molecule has 0 radical (unpaired) electrons. The monoisotopic (exact) mass is 1020 g/mol. The van der Waals surface area contributed by atoms with Gasteiger partial charge in [-0.15, -0.1) is 0 Å². The van der Waals surface area contributed by atoms with Gasteiger partial charge < -0.3 is 84.9 Å². The number of aliphatic hydroxyl groups excluding tert-OH is 4. The maximum atomic E-state index is 13.7. The van der Waals surface area contributed by atoms with Gasteiger partial charge in [-0.05, 0) is 41.3 Å². The fraction of sp³-hybridized carbons (Fsp3) is 0.426. The van der Waals surface area contributed by atoms with Crippen LogP contribution in [0.5, 0.6) is 17.2 Å². The number of fused-ring (bicyclic) bond motifs is 6. The maximum absolute atomic E-state index is 13.7. The summed E-state index contributed by atoms with van der Waals surface area (Å²) < 4.78 is 34.2. The Morgan fingerprint density at radius 1 is 0.849 bits per heavy atom. The topological polar surface area (TPSA) is 379 Å². The predicted molar refractivity (Wildman–Crippen MR) is 244 cm³/mol. The van der Waals surface area contributed by atoms with Crippen molar-refractivity contribution in [3.8, 4) is 28.6 Å². The Kier molecular flexibility index (Phi) is 15.1. The first-order valence-corrected chi connectivity index (χ1v) is 22.8. The highest BCUT2D eigenvalue weighted by Gasteiger charge is 2.48. The number of cyclic esters (lactones) is 1. The fourth-order valence-corrected chi connectivity index (χ4v) is 8.67. The Hall–Kier alpha value is -7.91. The van der Waals surface area contributed by atoms with Crippen LogP contribution in [0.2, 0.25) is 0 Å². The lowest BCUT2D eigenvalue weighted by Crippen LogP contribution is -2.61. The fourth-order valence-electron chi connectivity index (χ4n) is 8.67. The molecule has 4 amide bonds. The number of carbonyl (C=O) groups excluding carboxylic acids is 5. The molecule has 0 aliphatic carbocycles. The number of aromatic nitrogens is 2. The number of benzene rings is 2. The molecule has 73 heavy (non-hydrogen) atoms. The molecule has 2 aromatic carbocycles. The highest BCUT2D eigenvalue weighted by molar-refractivity contribution is 5.93. The van der Waals surface area contributed by atoms with E-state index in [1.165, 1.54) is 28.8 Å². The van der Waals surface area contributed by atoms with Gasteiger partial charge in [-0.3, -0.25) is 24.0 Å². The SMILES string of the molecule is CC(C)C(CC(=O)O)C(=O)NCCC(=O)NCCC(=O)Nc1cc(COC(=O)NCc2c3c(nc4cc5c(cc24)OCO5)-c2cc4c(c(=O)n2C3)COC(=O)[C@H]4O)ccc1O[C@@H]1OC(C(=O)O)[C@@H](O)C(O)C1O. The second kappa shape index (κ2) is 21.4. The summed E-state index contributed by atoms with van der Waals surface area (Å²) in [6, 6.07) is 8.83. The van der Waals surface area contributed by atoms with E-state index >= 15 is 0 Å². The number of amides is 4. The zero-order valence-electron chi connectivity index (χ0n) is 38.9. The van der Waals surface area contributed by atoms with Gasteiger partial charge in [0.2, 0.25) is 30.8 Å². The van der Waals surface area contributed by atoms with Crippen molar-refractivity contribution in [2.24, 2.45) is 11.8 Å². The predicted octanol–water partition coefficient (Wildman–Crippen LogP) is -0.360. The van der Waals surface area contributed by atoms with Gasteiger partial charge in [-0.1, -0.05) is 19.9 Å². The first-order chi connectivity index (χ1) is 34.8. The summed E-state index contributed by atoms with van der Waals surface area (Å²) in [5.41, 5.74) is 2.02. The van der Waals surface area contributed by atoms with Crippen LogP contribution in [-0.2, 0) is 69.3 Å². The van der Waals surface area contributed by atoms with Crippen molar-refractivity contribution in [1.82, 2.24) is 25.5 Å². The van der Waals surface area contributed by atoms with E-state index in [2.05, 4.69) is 21.3 Å². The average Bonchev–Trinajstić information content (AvgIpc) is 3.96. The Balaban J connectivity index is 0.955. The summed E-state index contributed by atoms with van der Waals surface area (Å²) in [5, 5.41) is 71.4. The molecule has 4 unspecified atom stereocenters. The second-order valence-electron chi connectivity index (χ2n) is 17.8. The molecule has 26 heteroatoms. The molecule has 0 spiro atoms. The number of nitrogens with one attached hydrogen (secondary N) is 4. The van der Waals surface area contributed by atoms with Crippen LogP contribution in [0.1, 0.15) is 67.0 Å². The van der Waals surface area contributed by atoms with Crippen molar-refractivity contribution in [1.29, 1.82) is 0 Å². The number of aliphatic carboxylic acids is 2. The van der Waals surface area contributed by atoms with Crippen molar-refractivity contribution in [2.45, 2.75) is 96.2 Å². The molecule has 0 bridgehead atoms. The van der Waals surface area contributed by atoms with Gasteiger partial charge in [0, 0.05) is 55.1 Å². The minimum atomic E-state index is -2.02. The van der Waals surface area contributed by atoms with E-state index in [1.807, 2.05) is 0 Å². The summed E-state index contributed by atoms with van der Waals surface area (Å²) in [4.78, 5) is 105. The van der Waals surface area contributed by atoms with Crippen LogP contribution in [-0.4, -0.2) is 133 Å². The Labute approximate surface area is 412 Å². The maximum Gasteiger partial charge on any atom is 0.407 e. The van der Waals surface area contributed by atoms with E-state index < -0.39 is 96.6 Å². The third-order valence-corrected chi connectivity index (χ3v) is 12.6. The summed E-state index contributed by atoms with van der Waals surface area (Å²) in [6.45, 7) is 2.16. The molecule has 4 aliphatic rings. The van der Waals surface area contributed by atoms with Crippen LogP contribution >= 0.6 is 0 Å². The van der Waals surface area contributed by atoms with E-state index in [9.17, 15) is 63.9 Å². The van der Waals surface area contributed by atoms with Crippen molar-refractivity contribution in [3.63, 3.8) is 0 Å². The first kappa shape index (κ1) is 51.4. The molecule has 2 aromatic heterocycles. The number of aliphatic hydroxyl groups is 4. The lowest BCUT2D eigenvalue weighted by atomic mass is 9.91. The zero-order valence-corrected chi connectivity index (χ0v) is 38.9. The Morgan fingerprint density at radius 2 is 1.58 bits per heavy atom. The highest BCUT2D eigenvalue weighted by atomic mass is 16.7. The van der Waals surface area contributed by atoms with E-state index in [-0.39, 0.29) is 92.9 Å². The van der Waals surface area contributed by atoms with Crippen molar-refractivity contribution in [3.05, 3.63) is 74.6 Å². The van der Waals surface area contributed by atoms with Gasteiger partial charge in [-0.25, -0.2) is 19.4 Å². The van der Waals surface area contributed by atoms with Gasteiger partial charge in [0.15, 0.2) is 23.7 Å². The van der Waals surface area contributed by atoms with Gasteiger partial charge in [0.1, 0.15) is 37.3 Å². The minimum absolute atomic E-state index is 0.00905. The molecule has 1 saturated heterocycles. The number of ether oxygens (including phenoxy) is 6. The molecule has 4 aliphatic heterocycles. The quantitative estimate of drug-likeness (QED) is 0.0501. The van der Waals surface area contributed by atoms with Gasteiger partial charge in [0.05, 0.1) is 47.0 Å². The Morgan fingerprint density at radius 3 is 2.30 bits per heavy atom. The standard InChI is InChI=1S/C47H50N6O20/c1-19(2)21(12-35(56)57)42(62)49-8-5-33(54)48-7-6-34(55)51-28-9-20(3-4-30(28)72-46-40(61)38(59)39(60)41(73-46)44(64)65)16-69-47(67)50-14-24-22-11-31-32(71-18-70-31)13-27(22)52-36-25(24)15-53-29(36)10-23-26(43(53)63)17-68-45(66)37(23)58/h3-4,9-11,13,19,21,37-41,46,58-61H,5-8,12,14-18H2,1-2H3,(H,48,54)(H,49,62)(H,50,67)(H,51,55)(H,56,57)(H,64,65)/t21?,37-,38?,39-,40?,41?,46+/m0/s1. The number of rotatable bonds is 18. The number of pyridine rings is 2. The molecule has 388 valence electrons. The molecule has 7 atom stereocenters. The summed E-state index contributed by atoms with van der Waals surface area (Å²) in [6.07, 6.45) is -13.4. The lowest BCUT2D eigenvalue weighted by molar-refractivity contribution is -0.271. The molecular weight excluding hydrogens is 969 g/mol. The Bertz CT molecular complexity index is 2960. The molecule has 0 saturated carbocycles. The van der Waals surface area contributed by atoms with Crippen molar-refractivity contribution >= 4 is 58.3 Å². The third-order valence-electron chi connectivity index (χ3n) is 12.6. The van der Waals surface area contributed by atoms with E-state index in [0.29, 0.717) is 44.9 Å². The number of carbonyl (C=O) groups is 7.